The van der Waals surface area contributed by atoms with Crippen LogP contribution in [0.3, 0.4) is 0 Å². The number of hydrogen-bond acceptors (Lipinski definition) is 3. The lowest BCUT2D eigenvalue weighted by Gasteiger charge is -2.17. The average molecular weight is 332 g/mol. The van der Waals surface area contributed by atoms with Crippen LogP contribution in [0.5, 0.6) is 0 Å². The number of hydrogen-bond donors (Lipinski definition) is 1. The standard InChI is InChI=1S/C16H14ClN3OS/c17-13-3-5-18-15(9-13)19-16(21)10-14(12-4-8-22-11-12)20-6-1-2-7-20/h1-9,11,14H,10H2,(H,18,19,21). The van der Waals surface area contributed by atoms with Crippen LogP contribution in [-0.4, -0.2) is 15.5 Å². The first kappa shape index (κ1) is 14.8. The lowest BCUT2D eigenvalue weighted by atomic mass is 10.1. The molecule has 0 spiro atoms. The van der Waals surface area contributed by atoms with Gasteiger partial charge in [0.1, 0.15) is 5.82 Å². The molecule has 4 nitrogen and oxygen atoms in total. The summed E-state index contributed by atoms with van der Waals surface area (Å²) in [6, 6.07) is 9.23. The van der Waals surface area contributed by atoms with Crippen LogP contribution in [0.1, 0.15) is 18.0 Å². The Balaban J connectivity index is 1.75. The molecule has 3 aromatic heterocycles. The predicted octanol–water partition coefficient (Wildman–Crippen LogP) is 4.22. The van der Waals surface area contributed by atoms with Crippen LogP contribution >= 0.6 is 22.9 Å². The van der Waals surface area contributed by atoms with Gasteiger partial charge in [-0.25, -0.2) is 4.98 Å². The Morgan fingerprint density at radius 1 is 1.36 bits per heavy atom. The normalized spacial score (nSPS) is 12.0. The van der Waals surface area contributed by atoms with E-state index in [0.29, 0.717) is 17.3 Å². The smallest absolute Gasteiger partial charge is 0.227 e. The second kappa shape index (κ2) is 6.77. The van der Waals surface area contributed by atoms with E-state index >= 15 is 0 Å². The number of aromatic nitrogens is 2. The number of carbonyl (C=O) groups is 1. The summed E-state index contributed by atoms with van der Waals surface area (Å²) < 4.78 is 2.03. The van der Waals surface area contributed by atoms with Crippen molar-refractivity contribution in [1.29, 1.82) is 0 Å². The van der Waals surface area contributed by atoms with E-state index in [1.807, 2.05) is 40.5 Å². The van der Waals surface area contributed by atoms with Crippen LogP contribution in [0, 0.1) is 0 Å². The van der Waals surface area contributed by atoms with Crippen LogP contribution in [0.15, 0.2) is 59.7 Å². The van der Waals surface area contributed by atoms with Crippen molar-refractivity contribution in [2.24, 2.45) is 0 Å². The van der Waals surface area contributed by atoms with E-state index < -0.39 is 0 Å². The Bertz CT molecular complexity index is 706. The van der Waals surface area contributed by atoms with Crippen LogP contribution in [0.2, 0.25) is 5.02 Å². The van der Waals surface area contributed by atoms with Crippen molar-refractivity contribution in [1.82, 2.24) is 9.55 Å². The molecule has 0 saturated heterocycles. The fraction of sp³-hybridized carbons (Fsp3) is 0.125. The van der Waals surface area contributed by atoms with Crippen molar-refractivity contribution in [3.8, 4) is 0 Å². The van der Waals surface area contributed by atoms with Crippen molar-refractivity contribution < 1.29 is 4.79 Å². The molecule has 0 bridgehead atoms. The molecule has 3 aromatic rings. The lowest BCUT2D eigenvalue weighted by Crippen LogP contribution is -2.19. The zero-order chi connectivity index (χ0) is 15.4. The Kier molecular flexibility index (Phi) is 4.56. The summed E-state index contributed by atoms with van der Waals surface area (Å²) in [6.07, 6.45) is 5.83. The molecule has 0 aliphatic carbocycles. The molecule has 3 rings (SSSR count). The van der Waals surface area contributed by atoms with Crippen molar-refractivity contribution >= 4 is 34.7 Å². The number of thiophene rings is 1. The maximum atomic E-state index is 12.3. The number of anilines is 1. The van der Waals surface area contributed by atoms with Crippen LogP contribution in [-0.2, 0) is 4.79 Å². The predicted molar refractivity (Wildman–Crippen MR) is 89.4 cm³/mol. The quantitative estimate of drug-likeness (QED) is 0.761. The Morgan fingerprint density at radius 2 is 2.18 bits per heavy atom. The third-order valence-electron chi connectivity index (χ3n) is 3.28. The number of amides is 1. The molecule has 22 heavy (non-hydrogen) atoms. The van der Waals surface area contributed by atoms with Gasteiger partial charge in [0.15, 0.2) is 0 Å². The van der Waals surface area contributed by atoms with Crippen LogP contribution in [0.25, 0.3) is 0 Å². The summed E-state index contributed by atoms with van der Waals surface area (Å²) in [5.74, 6) is 0.369. The molecule has 112 valence electrons. The second-order valence-corrected chi connectivity index (χ2v) is 6.03. The summed E-state index contributed by atoms with van der Waals surface area (Å²) in [5, 5.41) is 7.42. The van der Waals surface area contributed by atoms with Crippen LogP contribution < -0.4 is 5.32 Å². The first-order valence-electron chi connectivity index (χ1n) is 6.78. The largest absolute Gasteiger partial charge is 0.346 e. The third-order valence-corrected chi connectivity index (χ3v) is 4.22. The Morgan fingerprint density at radius 3 is 2.86 bits per heavy atom. The number of rotatable bonds is 5. The van der Waals surface area contributed by atoms with Gasteiger partial charge >= 0.3 is 0 Å². The minimum Gasteiger partial charge on any atom is -0.346 e. The SMILES string of the molecule is O=C(CC(c1ccsc1)n1cccc1)Nc1cc(Cl)ccn1. The summed E-state index contributed by atoms with van der Waals surface area (Å²) in [7, 11) is 0. The van der Waals surface area contributed by atoms with E-state index in [4.69, 9.17) is 11.6 Å². The molecular weight excluding hydrogens is 318 g/mol. The zero-order valence-corrected chi connectivity index (χ0v) is 13.2. The second-order valence-electron chi connectivity index (χ2n) is 4.81. The van der Waals surface area contributed by atoms with Gasteiger partial charge in [0.2, 0.25) is 5.91 Å². The molecule has 3 heterocycles. The first-order chi connectivity index (χ1) is 10.7. The summed E-state index contributed by atoms with van der Waals surface area (Å²) >= 11 is 7.53. The number of pyridine rings is 1. The Hall–Kier alpha value is -2.11. The number of nitrogens with one attached hydrogen (secondary N) is 1. The van der Waals surface area contributed by atoms with Crippen molar-refractivity contribution in [2.75, 3.05) is 5.32 Å². The highest BCUT2D eigenvalue weighted by molar-refractivity contribution is 7.08. The topological polar surface area (TPSA) is 46.9 Å². The fourth-order valence-electron chi connectivity index (χ4n) is 2.26. The lowest BCUT2D eigenvalue weighted by molar-refractivity contribution is -0.116. The minimum atomic E-state index is -0.0975. The average Bonchev–Trinajstić information content (AvgIpc) is 3.18. The maximum Gasteiger partial charge on any atom is 0.227 e. The van der Waals surface area contributed by atoms with Crippen molar-refractivity contribution in [3.05, 3.63) is 70.3 Å². The van der Waals surface area contributed by atoms with E-state index in [-0.39, 0.29) is 11.9 Å². The third kappa shape index (κ3) is 3.55. The number of halogens is 1. The maximum absolute atomic E-state index is 12.3. The molecule has 1 atom stereocenters. The van der Waals surface area contributed by atoms with Gasteiger partial charge < -0.3 is 9.88 Å². The highest BCUT2D eigenvalue weighted by atomic mass is 35.5. The molecule has 1 N–H and O–H groups in total. The molecular formula is C16H14ClN3OS. The summed E-state index contributed by atoms with van der Waals surface area (Å²) in [4.78, 5) is 16.4. The van der Waals surface area contributed by atoms with E-state index in [9.17, 15) is 4.79 Å². The van der Waals surface area contributed by atoms with Gasteiger partial charge in [0.05, 0.1) is 12.5 Å². The summed E-state index contributed by atoms with van der Waals surface area (Å²) in [5.41, 5.74) is 1.12. The number of nitrogens with zero attached hydrogens (tertiary/aromatic N) is 2. The van der Waals surface area contributed by atoms with Gasteiger partial charge in [-0.05, 0) is 46.7 Å². The molecule has 1 amide bonds. The van der Waals surface area contributed by atoms with Gasteiger partial charge in [-0.2, -0.15) is 11.3 Å². The molecule has 0 saturated carbocycles. The van der Waals surface area contributed by atoms with E-state index in [2.05, 4.69) is 15.7 Å². The van der Waals surface area contributed by atoms with Crippen molar-refractivity contribution in [3.63, 3.8) is 0 Å². The molecule has 0 aliphatic heterocycles. The first-order valence-corrected chi connectivity index (χ1v) is 8.10. The molecule has 6 heteroatoms. The van der Waals surface area contributed by atoms with E-state index in [1.54, 1.807) is 29.7 Å². The molecule has 1 unspecified atom stereocenters. The molecule has 0 radical (unpaired) electrons. The molecule has 0 aliphatic rings. The summed E-state index contributed by atoms with van der Waals surface area (Å²) in [6.45, 7) is 0. The monoisotopic (exact) mass is 331 g/mol. The van der Waals surface area contributed by atoms with Crippen molar-refractivity contribution in [2.45, 2.75) is 12.5 Å². The van der Waals surface area contributed by atoms with Gasteiger partial charge in [-0.1, -0.05) is 11.6 Å². The van der Waals surface area contributed by atoms with E-state index in [1.165, 1.54) is 0 Å². The fourth-order valence-corrected chi connectivity index (χ4v) is 3.12. The number of carbonyl (C=O) groups excluding carboxylic acids is 1. The zero-order valence-electron chi connectivity index (χ0n) is 11.6. The highest BCUT2D eigenvalue weighted by Gasteiger charge is 2.18. The molecule has 0 fully saturated rings. The van der Waals surface area contributed by atoms with E-state index in [0.717, 1.165) is 5.56 Å². The molecule has 0 aromatic carbocycles. The Labute approximate surface area is 137 Å². The highest BCUT2D eigenvalue weighted by Crippen LogP contribution is 2.25. The van der Waals surface area contributed by atoms with Crippen LogP contribution in [0.4, 0.5) is 5.82 Å². The van der Waals surface area contributed by atoms with Gasteiger partial charge in [-0.15, -0.1) is 0 Å². The van der Waals surface area contributed by atoms with Gasteiger partial charge in [0, 0.05) is 23.6 Å². The van der Waals surface area contributed by atoms with Gasteiger partial charge in [-0.3, -0.25) is 4.79 Å². The minimum absolute atomic E-state index is 0.0274. The van der Waals surface area contributed by atoms with Gasteiger partial charge in [0.25, 0.3) is 0 Å².